The molecule has 2 aromatic rings. The molecule has 2 aromatic carbocycles. The number of aliphatic carboxylic acids is 1. The first-order valence-corrected chi connectivity index (χ1v) is 9.29. The fourth-order valence-electron chi connectivity index (χ4n) is 2.38. The van der Waals surface area contributed by atoms with Crippen LogP contribution in [0.15, 0.2) is 53.4 Å². The van der Waals surface area contributed by atoms with E-state index in [0.717, 1.165) is 6.07 Å². The van der Waals surface area contributed by atoms with E-state index in [-0.39, 0.29) is 22.7 Å². The summed E-state index contributed by atoms with van der Waals surface area (Å²) >= 11 is 0. The zero-order chi connectivity index (χ0) is 21.1. The van der Waals surface area contributed by atoms with Crippen LogP contribution < -0.4 is 0 Å². The highest BCUT2D eigenvalue weighted by Crippen LogP contribution is 2.23. The molecule has 0 bridgehead atoms. The quantitative estimate of drug-likeness (QED) is 0.496. The summed E-state index contributed by atoms with van der Waals surface area (Å²) in [4.78, 5) is 32.3. The summed E-state index contributed by atoms with van der Waals surface area (Å²) in [7, 11) is -4.37. The summed E-state index contributed by atoms with van der Waals surface area (Å²) in [5.74, 6) is -2.73. The molecule has 0 saturated heterocycles. The topological polar surface area (TPSA) is 155 Å². The average molecular weight is 408 g/mol. The molecule has 0 amide bonds. The van der Waals surface area contributed by atoms with Gasteiger partial charge in [-0.25, -0.2) is 13.2 Å². The molecule has 0 heterocycles. The first-order valence-electron chi connectivity index (χ1n) is 7.85. The summed E-state index contributed by atoms with van der Waals surface area (Å²) in [6.07, 6.45) is 0. The number of benzene rings is 2. The van der Waals surface area contributed by atoms with E-state index in [1.807, 2.05) is 0 Å². The van der Waals surface area contributed by atoms with Crippen molar-refractivity contribution < 1.29 is 33.1 Å². The fraction of sp³-hybridized carbons (Fsp3) is 0.176. The van der Waals surface area contributed by atoms with Crippen molar-refractivity contribution in [2.75, 3.05) is 0 Å². The Kier molecular flexibility index (Phi) is 6.11. The zero-order valence-corrected chi connectivity index (χ0v) is 15.4. The van der Waals surface area contributed by atoms with Crippen LogP contribution in [0.3, 0.4) is 0 Å². The molecule has 0 aliphatic rings. The molecule has 0 radical (unpaired) electrons. The maximum atomic E-state index is 13.0. The molecule has 0 aliphatic heterocycles. The molecule has 0 aliphatic carbocycles. The first-order chi connectivity index (χ1) is 13.0. The largest absolute Gasteiger partial charge is 0.480 e. The fourth-order valence-corrected chi connectivity index (χ4v) is 4.00. The lowest BCUT2D eigenvalue weighted by Crippen LogP contribution is -2.42. The average Bonchev–Trinajstić information content (AvgIpc) is 2.65. The van der Waals surface area contributed by atoms with E-state index in [9.17, 15) is 33.2 Å². The second kappa shape index (κ2) is 8.15. The van der Waals surface area contributed by atoms with E-state index in [0.29, 0.717) is 9.87 Å². The van der Waals surface area contributed by atoms with E-state index in [1.54, 1.807) is 0 Å². The number of hydrogen-bond acceptors (Lipinski definition) is 6. The Morgan fingerprint density at radius 3 is 2.25 bits per heavy atom. The molecule has 0 saturated carbocycles. The molecule has 11 heteroatoms. The van der Waals surface area contributed by atoms with Crippen molar-refractivity contribution >= 4 is 27.6 Å². The number of carboxylic acids is 2. The number of hydrogen-bond donors (Lipinski definition) is 2. The Balaban J connectivity index is 2.47. The van der Waals surface area contributed by atoms with Crippen LogP contribution >= 0.6 is 0 Å². The number of carboxylic acid groups (broad SMARTS) is 2. The normalized spacial score (nSPS) is 12.5. The number of nitrogens with zero attached hydrogens (tertiary/aromatic N) is 2. The summed E-state index contributed by atoms with van der Waals surface area (Å²) in [5, 5.41) is 29.1. The van der Waals surface area contributed by atoms with Gasteiger partial charge in [0, 0.05) is 18.7 Å². The van der Waals surface area contributed by atoms with Gasteiger partial charge in [-0.05, 0) is 30.7 Å². The first kappa shape index (κ1) is 21.0. The Labute approximate surface area is 159 Å². The molecule has 2 N–H and O–H groups in total. The van der Waals surface area contributed by atoms with Gasteiger partial charge in [0.05, 0.1) is 15.4 Å². The van der Waals surface area contributed by atoms with Gasteiger partial charge in [-0.1, -0.05) is 18.2 Å². The van der Waals surface area contributed by atoms with Crippen molar-refractivity contribution in [2.45, 2.75) is 24.4 Å². The highest BCUT2D eigenvalue weighted by atomic mass is 32.2. The second-order valence-corrected chi connectivity index (χ2v) is 7.71. The SMILES string of the molecule is CC(C(=O)O)N(Cc1ccc([N+](=O)[O-])cc1)S(=O)(=O)c1cccc(C(=O)O)c1. The standard InChI is InChI=1S/C17H16N2O8S/c1-11(16(20)21)18(10-12-5-7-14(8-6-12)19(24)25)28(26,27)15-4-2-3-13(9-15)17(22)23/h2-9,11H,10H2,1H3,(H,20,21)(H,22,23). The third kappa shape index (κ3) is 4.50. The summed E-state index contributed by atoms with van der Waals surface area (Å²) < 4.78 is 26.7. The smallest absolute Gasteiger partial charge is 0.335 e. The van der Waals surface area contributed by atoms with E-state index < -0.39 is 32.9 Å². The predicted octanol–water partition coefficient (Wildman–Crippen LogP) is 1.96. The molecule has 28 heavy (non-hydrogen) atoms. The number of carbonyl (C=O) groups is 2. The van der Waals surface area contributed by atoms with E-state index in [4.69, 9.17) is 5.11 Å². The Bertz CT molecular complexity index is 1020. The van der Waals surface area contributed by atoms with Crippen molar-refractivity contribution in [2.24, 2.45) is 0 Å². The van der Waals surface area contributed by atoms with Crippen molar-refractivity contribution in [1.82, 2.24) is 4.31 Å². The summed E-state index contributed by atoms with van der Waals surface area (Å²) in [6.45, 7) is 0.803. The van der Waals surface area contributed by atoms with Gasteiger partial charge >= 0.3 is 11.9 Å². The number of nitro groups is 1. The number of nitro benzene ring substituents is 1. The number of aromatic carboxylic acids is 1. The van der Waals surface area contributed by atoms with Crippen LogP contribution in [0.2, 0.25) is 0 Å². The van der Waals surface area contributed by atoms with Crippen LogP contribution in [0.5, 0.6) is 0 Å². The molecule has 0 fully saturated rings. The maximum Gasteiger partial charge on any atom is 0.335 e. The summed E-state index contributed by atoms with van der Waals surface area (Å²) in [6, 6.07) is 8.09. The van der Waals surface area contributed by atoms with Crippen LogP contribution in [0.1, 0.15) is 22.8 Å². The third-order valence-electron chi connectivity index (χ3n) is 3.96. The van der Waals surface area contributed by atoms with Crippen molar-refractivity contribution in [3.63, 3.8) is 0 Å². The van der Waals surface area contributed by atoms with E-state index in [1.165, 1.54) is 49.4 Å². The van der Waals surface area contributed by atoms with Crippen LogP contribution in [0, 0.1) is 10.1 Å². The Hall–Kier alpha value is -3.31. The second-order valence-electron chi connectivity index (χ2n) is 5.82. The number of sulfonamides is 1. The minimum Gasteiger partial charge on any atom is -0.480 e. The molecular formula is C17H16N2O8S. The molecular weight excluding hydrogens is 392 g/mol. The van der Waals surface area contributed by atoms with Crippen molar-refractivity contribution in [1.29, 1.82) is 0 Å². The van der Waals surface area contributed by atoms with Gasteiger partial charge < -0.3 is 10.2 Å². The zero-order valence-electron chi connectivity index (χ0n) is 14.5. The third-order valence-corrected chi connectivity index (χ3v) is 5.87. The monoisotopic (exact) mass is 408 g/mol. The van der Waals surface area contributed by atoms with Gasteiger partial charge in [0.15, 0.2) is 0 Å². The van der Waals surface area contributed by atoms with E-state index in [2.05, 4.69) is 0 Å². The van der Waals surface area contributed by atoms with E-state index >= 15 is 0 Å². The molecule has 10 nitrogen and oxygen atoms in total. The van der Waals surface area contributed by atoms with Gasteiger partial charge in [-0.3, -0.25) is 14.9 Å². The van der Waals surface area contributed by atoms with Crippen molar-refractivity contribution in [3.05, 3.63) is 69.8 Å². The van der Waals surface area contributed by atoms with Crippen LogP contribution in [-0.4, -0.2) is 45.8 Å². The van der Waals surface area contributed by atoms with Gasteiger partial charge in [0.2, 0.25) is 10.0 Å². The Morgan fingerprint density at radius 2 is 1.75 bits per heavy atom. The molecule has 1 atom stereocenters. The minimum absolute atomic E-state index is 0.196. The van der Waals surface area contributed by atoms with Gasteiger partial charge in [-0.2, -0.15) is 4.31 Å². The van der Waals surface area contributed by atoms with Crippen LogP contribution in [-0.2, 0) is 21.4 Å². The lowest BCUT2D eigenvalue weighted by Gasteiger charge is -2.26. The predicted molar refractivity (Wildman–Crippen MR) is 96.3 cm³/mol. The molecule has 2 rings (SSSR count). The van der Waals surface area contributed by atoms with Gasteiger partial charge in [-0.15, -0.1) is 0 Å². The Morgan fingerprint density at radius 1 is 1.14 bits per heavy atom. The van der Waals surface area contributed by atoms with Crippen LogP contribution in [0.25, 0.3) is 0 Å². The van der Waals surface area contributed by atoms with Crippen LogP contribution in [0.4, 0.5) is 5.69 Å². The number of rotatable bonds is 8. The highest BCUT2D eigenvalue weighted by molar-refractivity contribution is 7.89. The summed E-state index contributed by atoms with van der Waals surface area (Å²) in [5.41, 5.74) is -0.130. The van der Waals surface area contributed by atoms with Gasteiger partial charge in [0.1, 0.15) is 6.04 Å². The molecule has 1 unspecified atom stereocenters. The lowest BCUT2D eigenvalue weighted by molar-refractivity contribution is -0.384. The minimum atomic E-state index is -4.37. The lowest BCUT2D eigenvalue weighted by atomic mass is 10.2. The maximum absolute atomic E-state index is 13.0. The molecule has 0 aromatic heterocycles. The van der Waals surface area contributed by atoms with Gasteiger partial charge in [0.25, 0.3) is 5.69 Å². The highest BCUT2D eigenvalue weighted by Gasteiger charge is 2.33. The molecule has 0 spiro atoms. The molecule has 148 valence electrons. The van der Waals surface area contributed by atoms with Crippen molar-refractivity contribution in [3.8, 4) is 0 Å². The number of non-ortho nitro benzene ring substituents is 1.